The highest BCUT2D eigenvalue weighted by molar-refractivity contribution is 7.98. The number of aromatic amines is 1. The fourth-order valence-electron chi connectivity index (χ4n) is 3.22. The highest BCUT2D eigenvalue weighted by Crippen LogP contribution is 2.28. The average Bonchev–Trinajstić information content (AvgIpc) is 3.09. The van der Waals surface area contributed by atoms with Crippen LogP contribution >= 0.6 is 11.8 Å². The normalized spacial score (nSPS) is 11.2. The van der Waals surface area contributed by atoms with E-state index < -0.39 is 0 Å². The van der Waals surface area contributed by atoms with Crippen molar-refractivity contribution >= 4 is 22.7 Å². The third-order valence-electron chi connectivity index (χ3n) is 4.50. The Kier molecular flexibility index (Phi) is 4.81. The van der Waals surface area contributed by atoms with E-state index >= 15 is 0 Å². The largest absolute Gasteiger partial charge is 0.322 e. The number of pyridine rings is 1. The lowest BCUT2D eigenvalue weighted by atomic mass is 10.1. The summed E-state index contributed by atoms with van der Waals surface area (Å²) in [5, 5.41) is 10.7. The van der Waals surface area contributed by atoms with Gasteiger partial charge in [-0.05, 0) is 31.5 Å². The van der Waals surface area contributed by atoms with Gasteiger partial charge in [0.2, 0.25) is 5.56 Å². The van der Waals surface area contributed by atoms with Crippen molar-refractivity contribution in [2.75, 3.05) is 0 Å². The Morgan fingerprint density at radius 2 is 1.93 bits per heavy atom. The number of hydrogen-bond acceptors (Lipinski definition) is 4. The molecule has 2 aromatic carbocycles. The van der Waals surface area contributed by atoms with Crippen molar-refractivity contribution in [2.24, 2.45) is 0 Å². The van der Waals surface area contributed by atoms with Gasteiger partial charge in [-0.3, -0.25) is 4.79 Å². The van der Waals surface area contributed by atoms with Crippen LogP contribution in [0.15, 0.2) is 64.5 Å². The van der Waals surface area contributed by atoms with Crippen LogP contribution in [0.25, 0.3) is 22.3 Å². The van der Waals surface area contributed by atoms with Gasteiger partial charge in [-0.25, -0.2) is 0 Å². The second-order valence-corrected chi connectivity index (χ2v) is 7.36. The highest BCUT2D eigenvalue weighted by Gasteiger charge is 2.14. The van der Waals surface area contributed by atoms with Gasteiger partial charge < -0.3 is 9.55 Å². The number of rotatable bonds is 5. The topological polar surface area (TPSA) is 63.6 Å². The minimum absolute atomic E-state index is 0.0818. The molecule has 2 heterocycles. The smallest absolute Gasteiger partial charge is 0.248 e. The summed E-state index contributed by atoms with van der Waals surface area (Å²) in [6, 6.07) is 17.8. The minimum Gasteiger partial charge on any atom is -0.322 e. The zero-order valence-electron chi connectivity index (χ0n) is 15.3. The Hall–Kier alpha value is -2.86. The van der Waals surface area contributed by atoms with Crippen LogP contribution in [0.2, 0.25) is 0 Å². The Bertz CT molecular complexity index is 1160. The van der Waals surface area contributed by atoms with Crippen molar-refractivity contribution < 1.29 is 0 Å². The van der Waals surface area contributed by atoms with E-state index in [4.69, 9.17) is 0 Å². The summed E-state index contributed by atoms with van der Waals surface area (Å²) in [5.74, 6) is 1.54. The molecule has 0 saturated heterocycles. The Labute approximate surface area is 161 Å². The number of nitrogens with one attached hydrogen (secondary N) is 1. The van der Waals surface area contributed by atoms with Crippen molar-refractivity contribution in [1.82, 2.24) is 19.7 Å². The molecule has 136 valence electrons. The van der Waals surface area contributed by atoms with Crippen LogP contribution in [-0.2, 0) is 12.3 Å². The molecule has 4 rings (SSSR count). The molecule has 4 aromatic rings. The monoisotopic (exact) mass is 376 g/mol. The van der Waals surface area contributed by atoms with E-state index in [1.54, 1.807) is 17.8 Å². The van der Waals surface area contributed by atoms with Crippen molar-refractivity contribution in [3.63, 3.8) is 0 Å². The lowest BCUT2D eigenvalue weighted by molar-refractivity contribution is 0.687. The molecule has 1 N–H and O–H groups in total. The third-order valence-corrected chi connectivity index (χ3v) is 5.52. The van der Waals surface area contributed by atoms with Crippen LogP contribution in [-0.4, -0.2) is 19.7 Å². The molecule has 0 unspecified atom stereocenters. The number of nitrogens with zero attached hydrogens (tertiary/aromatic N) is 3. The zero-order chi connectivity index (χ0) is 18.8. The van der Waals surface area contributed by atoms with Gasteiger partial charge in [0, 0.05) is 34.8 Å². The van der Waals surface area contributed by atoms with Crippen LogP contribution in [0, 0.1) is 6.92 Å². The molecular weight excluding hydrogens is 356 g/mol. The van der Waals surface area contributed by atoms with Crippen LogP contribution in [0.5, 0.6) is 0 Å². The molecule has 27 heavy (non-hydrogen) atoms. The predicted molar refractivity (Wildman–Crippen MR) is 110 cm³/mol. The lowest BCUT2D eigenvalue weighted by Crippen LogP contribution is -2.06. The number of fused-ring (bicyclic) bond motifs is 1. The Morgan fingerprint density at radius 3 is 2.74 bits per heavy atom. The maximum Gasteiger partial charge on any atom is 0.248 e. The van der Waals surface area contributed by atoms with Crippen LogP contribution in [0.4, 0.5) is 0 Å². The van der Waals surface area contributed by atoms with Crippen LogP contribution in [0.1, 0.15) is 18.1 Å². The van der Waals surface area contributed by atoms with E-state index in [1.807, 2.05) is 30.3 Å². The summed E-state index contributed by atoms with van der Waals surface area (Å²) in [5.41, 5.74) is 4.04. The molecule has 5 nitrogen and oxygen atoms in total. The lowest BCUT2D eigenvalue weighted by Gasteiger charge is -2.09. The van der Waals surface area contributed by atoms with Gasteiger partial charge in [-0.15, -0.1) is 10.2 Å². The Morgan fingerprint density at radius 1 is 1.07 bits per heavy atom. The number of benzene rings is 2. The number of para-hydroxylation sites is 1. The van der Waals surface area contributed by atoms with Gasteiger partial charge in [0.05, 0.1) is 0 Å². The highest BCUT2D eigenvalue weighted by atomic mass is 32.2. The number of hydrogen-bond donors (Lipinski definition) is 1. The van der Waals surface area contributed by atoms with E-state index in [1.165, 1.54) is 5.56 Å². The standard InChI is InChI=1S/C21H20N4OS/c1-3-25-20(15-8-6-7-14(2)11-15)23-24-21(25)27-13-16-12-19(26)22-18-10-5-4-9-17(16)18/h4-12H,3,13H2,1-2H3,(H,22,26). The van der Waals surface area contributed by atoms with Crippen molar-refractivity contribution in [3.05, 3.63) is 76.1 Å². The van der Waals surface area contributed by atoms with Gasteiger partial charge >= 0.3 is 0 Å². The Balaban J connectivity index is 1.66. The number of H-pyrrole nitrogens is 1. The molecule has 2 aromatic heterocycles. The third kappa shape index (κ3) is 3.53. The van der Waals surface area contributed by atoms with E-state index in [-0.39, 0.29) is 5.56 Å². The minimum atomic E-state index is -0.0818. The summed E-state index contributed by atoms with van der Waals surface area (Å²) in [7, 11) is 0. The van der Waals surface area contributed by atoms with Crippen LogP contribution < -0.4 is 5.56 Å². The summed E-state index contributed by atoms with van der Waals surface area (Å²) >= 11 is 1.60. The average molecular weight is 376 g/mol. The van der Waals surface area contributed by atoms with E-state index in [0.29, 0.717) is 5.75 Å². The number of aryl methyl sites for hydroxylation is 1. The molecule has 0 aliphatic heterocycles. The molecule has 0 bridgehead atoms. The van der Waals surface area contributed by atoms with Crippen LogP contribution in [0.3, 0.4) is 0 Å². The summed E-state index contributed by atoms with van der Waals surface area (Å²) < 4.78 is 2.12. The molecule has 0 radical (unpaired) electrons. The maximum absolute atomic E-state index is 12.0. The maximum atomic E-state index is 12.0. The molecule has 0 aliphatic rings. The first-order valence-electron chi connectivity index (χ1n) is 8.89. The second kappa shape index (κ2) is 7.40. The molecule has 0 saturated carbocycles. The second-order valence-electron chi connectivity index (χ2n) is 6.41. The summed E-state index contributed by atoms with van der Waals surface area (Å²) in [6.07, 6.45) is 0. The fourth-order valence-corrected chi connectivity index (χ4v) is 4.21. The molecule has 0 spiro atoms. The van der Waals surface area contributed by atoms with Crippen molar-refractivity contribution in [2.45, 2.75) is 31.3 Å². The van der Waals surface area contributed by atoms with Crippen molar-refractivity contribution in [3.8, 4) is 11.4 Å². The first kappa shape index (κ1) is 17.5. The summed E-state index contributed by atoms with van der Waals surface area (Å²) in [4.78, 5) is 14.8. The predicted octanol–water partition coefficient (Wildman–Crippen LogP) is 4.41. The van der Waals surface area contributed by atoms with E-state index in [0.717, 1.165) is 39.6 Å². The molecule has 6 heteroatoms. The van der Waals surface area contributed by atoms with Gasteiger partial charge in [0.25, 0.3) is 0 Å². The SMILES string of the molecule is CCn1c(SCc2cc(=O)[nH]c3ccccc23)nnc1-c1cccc(C)c1. The number of aromatic nitrogens is 4. The molecule has 0 fully saturated rings. The van der Waals surface area contributed by atoms with E-state index in [2.05, 4.69) is 51.8 Å². The molecular formula is C21H20N4OS. The quantitative estimate of drug-likeness (QED) is 0.524. The van der Waals surface area contributed by atoms with Crippen molar-refractivity contribution in [1.29, 1.82) is 0 Å². The first-order valence-corrected chi connectivity index (χ1v) is 9.88. The van der Waals surface area contributed by atoms with Gasteiger partial charge in [-0.2, -0.15) is 0 Å². The zero-order valence-corrected chi connectivity index (χ0v) is 16.1. The molecule has 0 atom stereocenters. The van der Waals surface area contributed by atoms with E-state index in [9.17, 15) is 4.79 Å². The van der Waals surface area contributed by atoms with Gasteiger partial charge in [0.15, 0.2) is 11.0 Å². The number of thioether (sulfide) groups is 1. The summed E-state index contributed by atoms with van der Waals surface area (Å²) in [6.45, 7) is 4.95. The molecule has 0 aliphatic carbocycles. The molecule has 0 amide bonds. The van der Waals surface area contributed by atoms with Gasteiger partial charge in [0.1, 0.15) is 0 Å². The fraction of sp³-hybridized carbons (Fsp3) is 0.190. The van der Waals surface area contributed by atoms with Gasteiger partial charge in [-0.1, -0.05) is 53.7 Å². The first-order chi connectivity index (χ1) is 13.2.